The number of hydrogen-bond donors (Lipinski definition) is 2. The van der Waals surface area contributed by atoms with Crippen LogP contribution in [0.5, 0.6) is 5.75 Å². The van der Waals surface area contributed by atoms with Crippen LogP contribution in [0.1, 0.15) is 22.8 Å². The molecule has 0 unspecified atom stereocenters. The smallest absolute Gasteiger partial charge is 0.269 e. The van der Waals surface area contributed by atoms with Crippen molar-refractivity contribution >= 4 is 11.8 Å². The first kappa shape index (κ1) is 16.5. The lowest BCUT2D eigenvalue weighted by Crippen LogP contribution is -2.42. The number of carbonyl (C=O) groups is 2. The summed E-state index contributed by atoms with van der Waals surface area (Å²) in [5, 5.41) is 0. The molecular weight excluding hydrogens is 299 g/mol. The van der Waals surface area contributed by atoms with Crippen LogP contribution in [0.4, 0.5) is 4.39 Å². The molecule has 0 saturated heterocycles. The van der Waals surface area contributed by atoms with Crippen LogP contribution in [-0.4, -0.2) is 18.4 Å². The zero-order valence-electron chi connectivity index (χ0n) is 12.6. The molecule has 23 heavy (non-hydrogen) atoms. The summed E-state index contributed by atoms with van der Waals surface area (Å²) in [6.07, 6.45) is -0.0265. The van der Waals surface area contributed by atoms with Gasteiger partial charge in [0.1, 0.15) is 11.6 Å². The summed E-state index contributed by atoms with van der Waals surface area (Å²) in [5.41, 5.74) is 5.52. The van der Waals surface area contributed by atoms with E-state index in [1.54, 1.807) is 30.3 Å². The molecule has 0 bridgehead atoms. The quantitative estimate of drug-likeness (QED) is 0.831. The van der Waals surface area contributed by atoms with Crippen LogP contribution in [0.25, 0.3) is 0 Å². The Morgan fingerprint density at radius 2 is 1.83 bits per heavy atom. The Bertz CT molecular complexity index is 686. The second-order valence-electron chi connectivity index (χ2n) is 4.77. The summed E-state index contributed by atoms with van der Waals surface area (Å²) in [4.78, 5) is 23.6. The first-order valence-electron chi connectivity index (χ1n) is 7.15. The highest BCUT2D eigenvalue weighted by Crippen LogP contribution is 2.11. The summed E-state index contributed by atoms with van der Waals surface area (Å²) < 4.78 is 18.3. The van der Waals surface area contributed by atoms with E-state index in [-0.39, 0.29) is 6.42 Å². The lowest BCUT2D eigenvalue weighted by atomic mass is 10.1. The number of hydrazine groups is 1. The van der Waals surface area contributed by atoms with Gasteiger partial charge in [0.15, 0.2) is 0 Å². The largest absolute Gasteiger partial charge is 0.494 e. The minimum Gasteiger partial charge on any atom is -0.494 e. The number of halogens is 1. The zero-order valence-corrected chi connectivity index (χ0v) is 12.6. The predicted octanol–water partition coefficient (Wildman–Crippen LogP) is 2.23. The van der Waals surface area contributed by atoms with Crippen molar-refractivity contribution in [1.29, 1.82) is 0 Å². The summed E-state index contributed by atoms with van der Waals surface area (Å²) in [7, 11) is 0. The van der Waals surface area contributed by atoms with E-state index in [0.717, 1.165) is 0 Å². The second-order valence-corrected chi connectivity index (χ2v) is 4.77. The molecule has 0 aliphatic carbocycles. The molecule has 0 atom stereocenters. The van der Waals surface area contributed by atoms with Crippen LogP contribution < -0.4 is 15.6 Å². The highest BCUT2D eigenvalue weighted by molar-refractivity contribution is 5.95. The van der Waals surface area contributed by atoms with Crippen LogP contribution in [0.2, 0.25) is 0 Å². The lowest BCUT2D eigenvalue weighted by Gasteiger charge is -2.08. The van der Waals surface area contributed by atoms with Crippen LogP contribution in [0, 0.1) is 5.82 Å². The normalized spacial score (nSPS) is 10.0. The molecule has 0 heterocycles. The highest BCUT2D eigenvalue weighted by Gasteiger charge is 2.08. The van der Waals surface area contributed by atoms with E-state index in [1.165, 1.54) is 18.2 Å². The van der Waals surface area contributed by atoms with E-state index >= 15 is 0 Å². The molecule has 2 rings (SSSR count). The molecule has 2 aromatic rings. The Morgan fingerprint density at radius 1 is 1.09 bits per heavy atom. The first-order valence-corrected chi connectivity index (χ1v) is 7.15. The van der Waals surface area contributed by atoms with E-state index in [0.29, 0.717) is 23.5 Å². The molecule has 5 nitrogen and oxygen atoms in total. The average molecular weight is 316 g/mol. The minimum absolute atomic E-state index is 0.0265. The predicted molar refractivity (Wildman–Crippen MR) is 83.3 cm³/mol. The maximum absolute atomic E-state index is 13.0. The second kappa shape index (κ2) is 7.93. The van der Waals surface area contributed by atoms with Gasteiger partial charge in [0.05, 0.1) is 13.0 Å². The van der Waals surface area contributed by atoms with E-state index in [4.69, 9.17) is 4.74 Å². The topological polar surface area (TPSA) is 67.4 Å². The van der Waals surface area contributed by atoms with Crippen molar-refractivity contribution in [2.24, 2.45) is 0 Å². The fourth-order valence-corrected chi connectivity index (χ4v) is 1.94. The summed E-state index contributed by atoms with van der Waals surface area (Å²) in [6.45, 7) is 2.41. The molecular formula is C17H17FN2O3. The van der Waals surface area contributed by atoms with Crippen molar-refractivity contribution in [3.8, 4) is 5.75 Å². The third-order valence-corrected chi connectivity index (χ3v) is 3.00. The SMILES string of the molecule is CCOc1ccc(C(=O)NNC(=O)Cc2cccc(F)c2)cc1. The molecule has 0 aromatic heterocycles. The molecule has 0 fully saturated rings. The number of hydrogen-bond acceptors (Lipinski definition) is 3. The van der Waals surface area contributed by atoms with Crippen LogP contribution in [-0.2, 0) is 11.2 Å². The van der Waals surface area contributed by atoms with Gasteiger partial charge in [-0.05, 0) is 48.9 Å². The fourth-order valence-electron chi connectivity index (χ4n) is 1.94. The van der Waals surface area contributed by atoms with Gasteiger partial charge in [-0.25, -0.2) is 4.39 Å². The van der Waals surface area contributed by atoms with Gasteiger partial charge in [-0.2, -0.15) is 0 Å². The number of rotatable bonds is 5. The number of ether oxygens (including phenoxy) is 1. The van der Waals surface area contributed by atoms with Gasteiger partial charge < -0.3 is 4.74 Å². The van der Waals surface area contributed by atoms with Crippen molar-refractivity contribution in [2.45, 2.75) is 13.3 Å². The van der Waals surface area contributed by atoms with Gasteiger partial charge in [-0.3, -0.25) is 20.4 Å². The monoisotopic (exact) mass is 316 g/mol. The Balaban J connectivity index is 1.84. The van der Waals surface area contributed by atoms with Crippen molar-refractivity contribution < 1.29 is 18.7 Å². The van der Waals surface area contributed by atoms with Crippen molar-refractivity contribution in [1.82, 2.24) is 10.9 Å². The maximum Gasteiger partial charge on any atom is 0.269 e. The molecule has 0 radical (unpaired) electrons. The maximum atomic E-state index is 13.0. The van der Waals surface area contributed by atoms with Gasteiger partial charge in [0.2, 0.25) is 5.91 Å². The molecule has 120 valence electrons. The molecule has 0 spiro atoms. The number of nitrogens with one attached hydrogen (secondary N) is 2. The Labute approximate surface area is 133 Å². The number of benzene rings is 2. The van der Waals surface area contributed by atoms with Gasteiger partial charge in [-0.1, -0.05) is 12.1 Å². The number of amides is 2. The standard InChI is InChI=1S/C17H17FN2O3/c1-2-23-15-8-6-13(7-9-15)17(22)20-19-16(21)11-12-4-3-5-14(18)10-12/h3-10H,2,11H2,1H3,(H,19,21)(H,20,22). The molecule has 2 aromatic carbocycles. The van der Waals surface area contributed by atoms with Crippen molar-refractivity contribution in [2.75, 3.05) is 6.61 Å². The minimum atomic E-state index is -0.444. The van der Waals surface area contributed by atoms with Crippen LogP contribution in [0.15, 0.2) is 48.5 Å². The fraction of sp³-hybridized carbons (Fsp3) is 0.176. The lowest BCUT2D eigenvalue weighted by molar-refractivity contribution is -0.121. The highest BCUT2D eigenvalue weighted by atomic mass is 19.1. The Morgan fingerprint density at radius 3 is 2.48 bits per heavy atom. The van der Waals surface area contributed by atoms with E-state index in [9.17, 15) is 14.0 Å². The molecule has 2 N–H and O–H groups in total. The van der Waals surface area contributed by atoms with Crippen molar-refractivity contribution in [3.05, 3.63) is 65.5 Å². The Kier molecular flexibility index (Phi) is 5.68. The van der Waals surface area contributed by atoms with Gasteiger partial charge >= 0.3 is 0 Å². The summed E-state index contributed by atoms with van der Waals surface area (Å²) in [5.74, 6) is -0.622. The molecule has 6 heteroatoms. The first-order chi connectivity index (χ1) is 11.1. The van der Waals surface area contributed by atoms with E-state index < -0.39 is 17.6 Å². The van der Waals surface area contributed by atoms with E-state index in [1.807, 2.05) is 6.92 Å². The number of carbonyl (C=O) groups excluding carboxylic acids is 2. The van der Waals surface area contributed by atoms with Crippen molar-refractivity contribution in [3.63, 3.8) is 0 Å². The third kappa shape index (κ3) is 5.10. The third-order valence-electron chi connectivity index (χ3n) is 3.00. The van der Waals surface area contributed by atoms with Gasteiger partial charge in [0, 0.05) is 5.56 Å². The molecule has 0 aliphatic heterocycles. The average Bonchev–Trinajstić information content (AvgIpc) is 2.54. The summed E-state index contributed by atoms with van der Waals surface area (Å²) in [6, 6.07) is 12.3. The molecule has 2 amide bonds. The zero-order chi connectivity index (χ0) is 16.7. The molecule has 0 saturated carbocycles. The van der Waals surface area contributed by atoms with E-state index in [2.05, 4.69) is 10.9 Å². The Hall–Kier alpha value is -2.89. The van der Waals surface area contributed by atoms with Crippen LogP contribution >= 0.6 is 0 Å². The van der Waals surface area contributed by atoms with Gasteiger partial charge in [0.25, 0.3) is 5.91 Å². The molecule has 0 aliphatic rings. The summed E-state index contributed by atoms with van der Waals surface area (Å²) >= 11 is 0. The van der Waals surface area contributed by atoms with Crippen LogP contribution in [0.3, 0.4) is 0 Å². The van der Waals surface area contributed by atoms with Gasteiger partial charge in [-0.15, -0.1) is 0 Å².